The molecule has 6 heteroatoms. The van der Waals surface area contributed by atoms with E-state index in [9.17, 15) is 10.1 Å². The summed E-state index contributed by atoms with van der Waals surface area (Å²) in [5.41, 5.74) is 0.930. The number of benzene rings is 1. The summed E-state index contributed by atoms with van der Waals surface area (Å²) in [7, 11) is 1.66. The molecule has 1 saturated carbocycles. The molecule has 3 atom stereocenters. The van der Waals surface area contributed by atoms with Gasteiger partial charge in [0.15, 0.2) is 0 Å². The van der Waals surface area contributed by atoms with Crippen LogP contribution in [-0.4, -0.2) is 36.8 Å². The molecule has 0 bridgehead atoms. The van der Waals surface area contributed by atoms with E-state index in [1.807, 2.05) is 13.8 Å². The van der Waals surface area contributed by atoms with E-state index in [-0.39, 0.29) is 23.9 Å². The Balaban J connectivity index is 2.07. The number of ether oxygens (including phenoxy) is 2. The maximum Gasteiger partial charge on any atom is 0.273 e. The molecule has 0 amide bonds. The zero-order valence-corrected chi connectivity index (χ0v) is 12.0. The van der Waals surface area contributed by atoms with Gasteiger partial charge in [0, 0.05) is 25.6 Å². The normalized spacial score (nSPS) is 25.1. The maximum absolute atomic E-state index is 10.8. The van der Waals surface area contributed by atoms with Crippen LogP contribution in [0.3, 0.4) is 0 Å². The molecule has 0 heterocycles. The molecule has 2 rings (SSSR count). The van der Waals surface area contributed by atoms with E-state index < -0.39 is 4.92 Å². The quantitative estimate of drug-likeness (QED) is 0.637. The molecular weight excluding hydrogens is 260 g/mol. The Morgan fingerprint density at radius 3 is 2.85 bits per heavy atom. The Hall–Kier alpha value is -1.66. The molecule has 3 unspecified atom stereocenters. The van der Waals surface area contributed by atoms with E-state index in [0.29, 0.717) is 5.75 Å². The van der Waals surface area contributed by atoms with Crippen LogP contribution in [0.1, 0.15) is 18.9 Å². The molecule has 20 heavy (non-hydrogen) atoms. The molecule has 1 N–H and O–H groups in total. The Morgan fingerprint density at radius 1 is 1.50 bits per heavy atom. The third-order valence-electron chi connectivity index (χ3n) is 3.65. The van der Waals surface area contributed by atoms with Gasteiger partial charge in [0.1, 0.15) is 18.0 Å². The molecule has 0 aromatic heterocycles. The van der Waals surface area contributed by atoms with Gasteiger partial charge in [-0.25, -0.2) is 0 Å². The molecule has 0 spiro atoms. The predicted octanol–water partition coefficient (Wildman–Crippen LogP) is 2.05. The van der Waals surface area contributed by atoms with Crippen LogP contribution in [0.15, 0.2) is 18.2 Å². The van der Waals surface area contributed by atoms with E-state index in [1.165, 1.54) is 12.1 Å². The number of nitrogens with zero attached hydrogens (tertiary/aromatic N) is 1. The molecule has 1 aromatic rings. The Kier molecular flexibility index (Phi) is 4.57. The van der Waals surface area contributed by atoms with Gasteiger partial charge in [-0.2, -0.15) is 0 Å². The summed E-state index contributed by atoms with van der Waals surface area (Å²) in [6, 6.07) is 4.95. The standard InChI is InChI=1S/C14H20N2O4/c1-4-15-11-8-13(14(11)19-3)20-12-7-10(16(17)18)6-5-9(12)2/h5-7,11,13-15H,4,8H2,1-3H3. The van der Waals surface area contributed by atoms with E-state index >= 15 is 0 Å². The van der Waals surface area contributed by atoms with Crippen LogP contribution in [0.5, 0.6) is 5.75 Å². The fraction of sp³-hybridized carbons (Fsp3) is 0.571. The molecule has 1 aliphatic rings. The van der Waals surface area contributed by atoms with E-state index in [2.05, 4.69) is 5.32 Å². The lowest BCUT2D eigenvalue weighted by molar-refractivity contribution is -0.385. The summed E-state index contributed by atoms with van der Waals surface area (Å²) in [5, 5.41) is 14.1. The van der Waals surface area contributed by atoms with Crippen LogP contribution in [0.25, 0.3) is 0 Å². The minimum Gasteiger partial charge on any atom is -0.487 e. The molecule has 6 nitrogen and oxygen atoms in total. The number of nitro benzene ring substituents is 1. The van der Waals surface area contributed by atoms with Gasteiger partial charge in [0.2, 0.25) is 0 Å². The first-order valence-electron chi connectivity index (χ1n) is 6.74. The SMILES string of the molecule is CCNC1CC(Oc2cc([N+](=O)[O-])ccc2C)C1OC. The summed E-state index contributed by atoms with van der Waals surface area (Å²) in [6.45, 7) is 4.81. The van der Waals surface area contributed by atoms with Gasteiger partial charge in [-0.3, -0.25) is 10.1 Å². The van der Waals surface area contributed by atoms with Crippen LogP contribution in [0, 0.1) is 17.0 Å². The molecule has 0 aliphatic heterocycles. The van der Waals surface area contributed by atoms with Gasteiger partial charge in [-0.1, -0.05) is 6.92 Å². The zero-order valence-electron chi connectivity index (χ0n) is 12.0. The smallest absolute Gasteiger partial charge is 0.273 e. The first-order chi connectivity index (χ1) is 9.56. The van der Waals surface area contributed by atoms with Gasteiger partial charge in [0.25, 0.3) is 5.69 Å². The molecule has 0 radical (unpaired) electrons. The molecule has 0 saturated heterocycles. The van der Waals surface area contributed by atoms with Gasteiger partial charge in [-0.15, -0.1) is 0 Å². The highest BCUT2D eigenvalue weighted by atomic mass is 16.6. The number of aryl methyl sites for hydroxylation is 1. The number of methoxy groups -OCH3 is 1. The third-order valence-corrected chi connectivity index (χ3v) is 3.65. The van der Waals surface area contributed by atoms with Crippen molar-refractivity contribution in [1.82, 2.24) is 5.32 Å². The number of hydrogen-bond acceptors (Lipinski definition) is 5. The van der Waals surface area contributed by atoms with Crippen molar-refractivity contribution in [2.24, 2.45) is 0 Å². The molecular formula is C14H20N2O4. The summed E-state index contributed by atoms with van der Waals surface area (Å²) in [4.78, 5) is 10.4. The average Bonchev–Trinajstić information content (AvgIpc) is 2.39. The first kappa shape index (κ1) is 14.7. The summed E-state index contributed by atoms with van der Waals surface area (Å²) >= 11 is 0. The second-order valence-electron chi connectivity index (χ2n) is 4.96. The van der Waals surface area contributed by atoms with Crippen LogP contribution in [0.4, 0.5) is 5.69 Å². The maximum atomic E-state index is 10.8. The van der Waals surface area contributed by atoms with Gasteiger partial charge in [0.05, 0.1) is 11.0 Å². The van der Waals surface area contributed by atoms with E-state index in [0.717, 1.165) is 18.5 Å². The monoisotopic (exact) mass is 280 g/mol. The average molecular weight is 280 g/mol. The van der Waals surface area contributed by atoms with Crippen molar-refractivity contribution in [3.8, 4) is 5.75 Å². The largest absolute Gasteiger partial charge is 0.487 e. The Bertz CT molecular complexity index is 492. The first-order valence-corrected chi connectivity index (χ1v) is 6.74. The van der Waals surface area contributed by atoms with E-state index in [4.69, 9.17) is 9.47 Å². The van der Waals surface area contributed by atoms with Crippen molar-refractivity contribution < 1.29 is 14.4 Å². The topological polar surface area (TPSA) is 73.6 Å². The van der Waals surface area contributed by atoms with Crippen molar-refractivity contribution >= 4 is 5.69 Å². The number of nitrogens with one attached hydrogen (secondary N) is 1. The Labute approximate surface area is 118 Å². The zero-order chi connectivity index (χ0) is 14.7. The number of nitro groups is 1. The van der Waals surface area contributed by atoms with Crippen LogP contribution < -0.4 is 10.1 Å². The van der Waals surface area contributed by atoms with Crippen molar-refractivity contribution in [2.75, 3.05) is 13.7 Å². The summed E-state index contributed by atoms with van der Waals surface area (Å²) in [5.74, 6) is 0.557. The van der Waals surface area contributed by atoms with Crippen LogP contribution >= 0.6 is 0 Å². The lowest BCUT2D eigenvalue weighted by Crippen LogP contribution is -2.60. The fourth-order valence-corrected chi connectivity index (χ4v) is 2.47. The van der Waals surface area contributed by atoms with Crippen molar-refractivity contribution in [1.29, 1.82) is 0 Å². The number of likely N-dealkylation sites (N-methyl/N-ethyl adjacent to an activating group) is 1. The minimum atomic E-state index is -0.414. The van der Waals surface area contributed by atoms with Crippen molar-refractivity contribution in [3.05, 3.63) is 33.9 Å². The molecule has 1 aliphatic carbocycles. The van der Waals surface area contributed by atoms with Gasteiger partial charge >= 0.3 is 0 Å². The third kappa shape index (κ3) is 2.91. The number of hydrogen-bond donors (Lipinski definition) is 1. The molecule has 1 aromatic carbocycles. The highest BCUT2D eigenvalue weighted by Crippen LogP contribution is 2.32. The van der Waals surface area contributed by atoms with Gasteiger partial charge in [-0.05, 0) is 25.1 Å². The van der Waals surface area contributed by atoms with Crippen molar-refractivity contribution in [2.45, 2.75) is 38.5 Å². The predicted molar refractivity (Wildman–Crippen MR) is 75.1 cm³/mol. The summed E-state index contributed by atoms with van der Waals surface area (Å²) < 4.78 is 11.3. The number of rotatable bonds is 6. The highest BCUT2D eigenvalue weighted by Gasteiger charge is 2.43. The minimum absolute atomic E-state index is 0.0198. The van der Waals surface area contributed by atoms with E-state index in [1.54, 1.807) is 13.2 Å². The lowest BCUT2D eigenvalue weighted by atomic mass is 9.85. The fourth-order valence-electron chi connectivity index (χ4n) is 2.47. The van der Waals surface area contributed by atoms with Crippen LogP contribution in [-0.2, 0) is 4.74 Å². The highest BCUT2D eigenvalue weighted by molar-refractivity contribution is 5.44. The van der Waals surface area contributed by atoms with Gasteiger partial charge < -0.3 is 14.8 Å². The lowest BCUT2D eigenvalue weighted by Gasteiger charge is -2.43. The Morgan fingerprint density at radius 2 is 2.25 bits per heavy atom. The summed E-state index contributed by atoms with van der Waals surface area (Å²) in [6.07, 6.45) is 0.757. The van der Waals surface area contributed by atoms with Crippen LogP contribution in [0.2, 0.25) is 0 Å². The second-order valence-corrected chi connectivity index (χ2v) is 4.96. The molecule has 110 valence electrons. The van der Waals surface area contributed by atoms with Crippen molar-refractivity contribution in [3.63, 3.8) is 0 Å². The number of non-ortho nitro benzene ring substituents is 1. The second kappa shape index (κ2) is 6.19. The molecule has 1 fully saturated rings.